The molecule has 172 valence electrons. The molecule has 2 aliphatic rings. The van der Waals surface area contributed by atoms with Crippen molar-refractivity contribution in [2.45, 2.75) is 25.3 Å². The van der Waals surface area contributed by atoms with Crippen LogP contribution in [0.1, 0.15) is 30.9 Å². The Morgan fingerprint density at radius 1 is 1.00 bits per heavy atom. The maximum Gasteiger partial charge on any atom is 0.225 e. The molecule has 1 N–H and O–H groups in total. The summed E-state index contributed by atoms with van der Waals surface area (Å²) in [5, 5.41) is 3.67. The summed E-state index contributed by atoms with van der Waals surface area (Å²) in [4.78, 5) is 20.5. The van der Waals surface area contributed by atoms with Gasteiger partial charge in [0.15, 0.2) is 5.96 Å². The van der Waals surface area contributed by atoms with Crippen molar-refractivity contribution in [3.8, 4) is 5.75 Å². The third-order valence-electron chi connectivity index (χ3n) is 6.41. The normalized spacial score (nSPS) is 19.0. The molecule has 0 saturated carbocycles. The van der Waals surface area contributed by atoms with Gasteiger partial charge in [0.25, 0.3) is 0 Å². The Labute approximate surface area is 191 Å². The minimum Gasteiger partial charge on any atom is -0.496 e. The molecule has 0 bridgehead atoms. The van der Waals surface area contributed by atoms with Gasteiger partial charge in [-0.05, 0) is 38.1 Å². The molecule has 2 fully saturated rings. The lowest BCUT2D eigenvalue weighted by atomic mass is 10.0. The van der Waals surface area contributed by atoms with Crippen molar-refractivity contribution in [3.05, 3.63) is 48.3 Å². The largest absolute Gasteiger partial charge is 0.496 e. The van der Waals surface area contributed by atoms with Gasteiger partial charge < -0.3 is 19.9 Å². The zero-order valence-corrected chi connectivity index (χ0v) is 19.3. The number of guanidine groups is 1. The third kappa shape index (κ3) is 5.30. The highest BCUT2D eigenvalue weighted by Gasteiger charge is 2.27. The second-order valence-electron chi connectivity index (χ2n) is 8.31. The number of aromatic nitrogens is 2. The van der Waals surface area contributed by atoms with Crippen molar-refractivity contribution >= 4 is 11.9 Å². The van der Waals surface area contributed by atoms with Crippen LogP contribution in [-0.2, 0) is 0 Å². The van der Waals surface area contributed by atoms with Crippen molar-refractivity contribution < 1.29 is 4.74 Å². The lowest BCUT2D eigenvalue weighted by Crippen LogP contribution is -2.54. The minimum absolute atomic E-state index is 0.252. The van der Waals surface area contributed by atoms with Gasteiger partial charge in [0.05, 0.1) is 13.2 Å². The Morgan fingerprint density at radius 3 is 2.41 bits per heavy atom. The topological polar surface area (TPSA) is 69.1 Å². The fourth-order valence-corrected chi connectivity index (χ4v) is 4.70. The number of anilines is 1. The maximum absolute atomic E-state index is 5.71. The first-order chi connectivity index (χ1) is 15.8. The first-order valence-corrected chi connectivity index (χ1v) is 11.6. The molecule has 1 aromatic heterocycles. The molecule has 0 aliphatic carbocycles. The van der Waals surface area contributed by atoms with E-state index in [1.165, 1.54) is 24.8 Å². The number of piperidine rings is 1. The summed E-state index contributed by atoms with van der Waals surface area (Å²) in [6, 6.07) is 10.5. The molecule has 0 amide bonds. The predicted molar refractivity (Wildman–Crippen MR) is 128 cm³/mol. The fourth-order valence-electron chi connectivity index (χ4n) is 4.70. The van der Waals surface area contributed by atoms with Crippen LogP contribution in [0.15, 0.2) is 47.7 Å². The van der Waals surface area contributed by atoms with Crippen molar-refractivity contribution in [2.24, 2.45) is 4.99 Å². The number of benzene rings is 1. The van der Waals surface area contributed by atoms with Crippen LogP contribution in [0.25, 0.3) is 0 Å². The number of aliphatic imine (C=N–C) groups is 1. The van der Waals surface area contributed by atoms with E-state index in [1.54, 1.807) is 19.5 Å². The molecule has 8 nitrogen and oxygen atoms in total. The predicted octanol–water partition coefficient (Wildman–Crippen LogP) is 2.41. The molecule has 1 atom stereocenters. The van der Waals surface area contributed by atoms with Crippen LogP contribution in [-0.4, -0.2) is 85.7 Å². The summed E-state index contributed by atoms with van der Waals surface area (Å²) in [6.07, 6.45) is 7.43. The summed E-state index contributed by atoms with van der Waals surface area (Å²) >= 11 is 0. The molecule has 8 heteroatoms. The number of nitrogens with zero attached hydrogens (tertiary/aromatic N) is 6. The molecule has 2 aliphatic heterocycles. The van der Waals surface area contributed by atoms with Gasteiger partial charge in [-0.1, -0.05) is 24.6 Å². The smallest absolute Gasteiger partial charge is 0.225 e. The Morgan fingerprint density at radius 2 is 1.72 bits per heavy atom. The Balaban J connectivity index is 1.41. The van der Waals surface area contributed by atoms with Gasteiger partial charge in [-0.2, -0.15) is 0 Å². The Bertz CT molecular complexity index is 862. The van der Waals surface area contributed by atoms with Crippen molar-refractivity contribution in [1.29, 1.82) is 0 Å². The van der Waals surface area contributed by atoms with Crippen LogP contribution in [0, 0.1) is 0 Å². The van der Waals surface area contributed by atoms with Crippen molar-refractivity contribution in [3.63, 3.8) is 0 Å². The number of piperazine rings is 1. The van der Waals surface area contributed by atoms with Crippen molar-refractivity contribution in [1.82, 2.24) is 25.1 Å². The molecule has 0 radical (unpaired) electrons. The molecular weight excluding hydrogens is 402 g/mol. The van der Waals surface area contributed by atoms with Gasteiger partial charge >= 0.3 is 0 Å². The molecular formula is C24H35N7O. The van der Waals surface area contributed by atoms with E-state index >= 15 is 0 Å². The van der Waals surface area contributed by atoms with E-state index < -0.39 is 0 Å². The number of likely N-dealkylation sites (tertiary alicyclic amines) is 1. The monoisotopic (exact) mass is 437 g/mol. The molecule has 4 rings (SSSR count). The second kappa shape index (κ2) is 11.1. The average molecular weight is 438 g/mol. The van der Waals surface area contributed by atoms with Gasteiger partial charge in [-0.25, -0.2) is 9.97 Å². The highest BCUT2D eigenvalue weighted by molar-refractivity contribution is 5.80. The summed E-state index contributed by atoms with van der Waals surface area (Å²) in [6.45, 7) is 6.59. The van der Waals surface area contributed by atoms with E-state index in [2.05, 4.69) is 53.2 Å². The number of hydrogen-bond donors (Lipinski definition) is 1. The first kappa shape index (κ1) is 22.3. The summed E-state index contributed by atoms with van der Waals surface area (Å²) in [7, 11) is 3.63. The van der Waals surface area contributed by atoms with Gasteiger partial charge in [0.2, 0.25) is 5.95 Å². The minimum atomic E-state index is 0.252. The van der Waals surface area contributed by atoms with Gasteiger partial charge in [-0.3, -0.25) is 9.89 Å². The van der Waals surface area contributed by atoms with Gasteiger partial charge in [0, 0.05) is 57.7 Å². The number of hydrogen-bond acceptors (Lipinski definition) is 6. The lowest BCUT2D eigenvalue weighted by molar-refractivity contribution is 0.160. The fraction of sp³-hybridized carbons (Fsp3) is 0.542. The van der Waals surface area contributed by atoms with E-state index in [0.29, 0.717) is 0 Å². The molecule has 2 aromatic rings. The number of methoxy groups -OCH3 is 1. The number of rotatable bonds is 6. The first-order valence-electron chi connectivity index (χ1n) is 11.6. The summed E-state index contributed by atoms with van der Waals surface area (Å²) in [5.41, 5.74) is 1.24. The van der Waals surface area contributed by atoms with Crippen LogP contribution >= 0.6 is 0 Å². The van der Waals surface area contributed by atoms with Crippen LogP contribution in [0.3, 0.4) is 0 Å². The summed E-state index contributed by atoms with van der Waals surface area (Å²) < 4.78 is 5.71. The van der Waals surface area contributed by atoms with E-state index in [9.17, 15) is 0 Å². The zero-order chi connectivity index (χ0) is 22.2. The highest BCUT2D eigenvalue weighted by Crippen LogP contribution is 2.31. The molecule has 1 unspecified atom stereocenters. The van der Waals surface area contributed by atoms with Crippen LogP contribution < -0.4 is 15.0 Å². The van der Waals surface area contributed by atoms with E-state index in [1.807, 2.05) is 19.2 Å². The van der Waals surface area contributed by atoms with E-state index in [4.69, 9.17) is 4.74 Å². The van der Waals surface area contributed by atoms with E-state index in [-0.39, 0.29) is 6.04 Å². The third-order valence-corrected chi connectivity index (χ3v) is 6.41. The van der Waals surface area contributed by atoms with Gasteiger partial charge in [0.1, 0.15) is 5.75 Å². The second-order valence-corrected chi connectivity index (χ2v) is 8.31. The lowest BCUT2D eigenvalue weighted by Gasteiger charge is -2.38. The highest BCUT2D eigenvalue weighted by atomic mass is 16.5. The standard InChI is InChI=1S/C24H35N7O/c1-25-23(30-15-17-31(18-16-30)24-26-11-8-12-27-24)28-19-21(29-13-6-3-7-14-29)20-9-4-5-10-22(20)32-2/h4-5,8-12,21H,3,6-7,13-19H2,1-2H3,(H,25,28). The number of nitrogens with one attached hydrogen (secondary N) is 1. The summed E-state index contributed by atoms with van der Waals surface area (Å²) in [5.74, 6) is 2.71. The van der Waals surface area contributed by atoms with E-state index in [0.717, 1.165) is 63.5 Å². The quantitative estimate of drug-likeness (QED) is 0.550. The number of ether oxygens (including phenoxy) is 1. The Hall–Kier alpha value is -2.87. The maximum atomic E-state index is 5.71. The van der Waals surface area contributed by atoms with Crippen LogP contribution in [0.4, 0.5) is 5.95 Å². The molecule has 3 heterocycles. The number of para-hydroxylation sites is 1. The molecule has 0 spiro atoms. The molecule has 32 heavy (non-hydrogen) atoms. The van der Waals surface area contributed by atoms with Crippen molar-refractivity contribution in [2.75, 3.05) is 64.9 Å². The average Bonchev–Trinajstić information content (AvgIpc) is 2.88. The molecule has 2 saturated heterocycles. The Kier molecular flexibility index (Phi) is 7.77. The van der Waals surface area contributed by atoms with Crippen LogP contribution in [0.5, 0.6) is 5.75 Å². The molecule has 1 aromatic carbocycles. The van der Waals surface area contributed by atoms with Gasteiger partial charge in [-0.15, -0.1) is 0 Å². The zero-order valence-electron chi connectivity index (χ0n) is 19.3. The SMILES string of the molecule is CN=C(NCC(c1ccccc1OC)N1CCCCC1)N1CCN(c2ncccn2)CC1. The van der Waals surface area contributed by atoms with Crippen LogP contribution in [0.2, 0.25) is 0 Å².